The van der Waals surface area contributed by atoms with E-state index in [1.165, 1.54) is 0 Å². The minimum atomic E-state index is -3.22. The van der Waals surface area contributed by atoms with E-state index in [4.69, 9.17) is 4.74 Å². The van der Waals surface area contributed by atoms with Crippen LogP contribution in [0.2, 0.25) is 0 Å². The molecule has 0 amide bonds. The summed E-state index contributed by atoms with van der Waals surface area (Å²) in [6.45, 7) is 0. The van der Waals surface area contributed by atoms with E-state index >= 15 is 0 Å². The molecule has 0 aromatic carbocycles. The van der Waals surface area contributed by atoms with Crippen LogP contribution < -0.4 is 9.46 Å². The van der Waals surface area contributed by atoms with Gasteiger partial charge in [0.15, 0.2) is 5.82 Å². The number of rotatable bonds is 5. The van der Waals surface area contributed by atoms with E-state index in [0.29, 0.717) is 0 Å². The van der Waals surface area contributed by atoms with Crippen molar-refractivity contribution < 1.29 is 17.5 Å². The van der Waals surface area contributed by atoms with Crippen molar-refractivity contribution in [3.8, 4) is 6.01 Å². The number of nitrogens with one attached hydrogen (secondary N) is 1. The van der Waals surface area contributed by atoms with Gasteiger partial charge in [-0.25, -0.2) is 27.5 Å². The lowest BCUT2D eigenvalue weighted by molar-refractivity contribution is 0.131. The largest absolute Gasteiger partial charge is 0.460 e. The monoisotopic (exact) mass is 357 g/mol. The normalized spacial score (nSPS) is 26.2. The lowest BCUT2D eigenvalue weighted by Crippen LogP contribution is -2.44. The highest BCUT2D eigenvalue weighted by molar-refractivity contribution is 7.90. The lowest BCUT2D eigenvalue weighted by atomic mass is 9.94. The van der Waals surface area contributed by atoms with Crippen LogP contribution in [0.3, 0.4) is 0 Å². The molecule has 1 aromatic heterocycles. The summed E-state index contributed by atoms with van der Waals surface area (Å²) in [7, 11) is -3.22. The first-order valence-corrected chi connectivity index (χ1v) is 10.2. The molecule has 1 N–H and O–H groups in total. The quantitative estimate of drug-likeness (QED) is 0.876. The number of ether oxygens (including phenoxy) is 1. The van der Waals surface area contributed by atoms with Gasteiger partial charge in [0, 0.05) is 6.04 Å². The lowest BCUT2D eigenvalue weighted by Gasteiger charge is -2.30. The van der Waals surface area contributed by atoms with E-state index in [1.807, 2.05) is 0 Å². The highest BCUT2D eigenvalue weighted by atomic mass is 32.2. The molecule has 8 heteroatoms. The Morgan fingerprint density at radius 2 is 1.62 bits per heavy atom. The van der Waals surface area contributed by atoms with Gasteiger partial charge >= 0.3 is 6.01 Å². The molecule has 2 fully saturated rings. The molecule has 24 heavy (non-hydrogen) atoms. The van der Waals surface area contributed by atoms with Crippen LogP contribution in [0.4, 0.5) is 4.39 Å². The second-order valence-corrected chi connectivity index (χ2v) is 8.69. The molecular formula is C16H24FN3O3S. The third-order valence-corrected chi connectivity index (χ3v) is 6.88. The average molecular weight is 357 g/mol. The summed E-state index contributed by atoms with van der Waals surface area (Å²) in [5.41, 5.74) is 0. The summed E-state index contributed by atoms with van der Waals surface area (Å²) in [5, 5.41) is -0.229. The minimum absolute atomic E-state index is 0.0223. The first-order chi connectivity index (χ1) is 11.5. The van der Waals surface area contributed by atoms with Crippen LogP contribution in [0.5, 0.6) is 6.01 Å². The van der Waals surface area contributed by atoms with Gasteiger partial charge in [-0.3, -0.25) is 0 Å². The maximum atomic E-state index is 12.8. The molecule has 3 rings (SSSR count). The van der Waals surface area contributed by atoms with Crippen molar-refractivity contribution in [2.75, 3.05) is 0 Å². The van der Waals surface area contributed by atoms with Crippen molar-refractivity contribution in [2.24, 2.45) is 0 Å². The van der Waals surface area contributed by atoms with Crippen molar-refractivity contribution in [3.05, 3.63) is 18.2 Å². The van der Waals surface area contributed by atoms with Gasteiger partial charge in [-0.15, -0.1) is 0 Å². The molecule has 2 saturated carbocycles. The third-order valence-electron chi connectivity index (χ3n) is 4.86. The molecule has 0 spiro atoms. The van der Waals surface area contributed by atoms with Crippen LogP contribution in [0, 0.1) is 5.82 Å². The Balaban J connectivity index is 1.47. The molecule has 2 aliphatic carbocycles. The van der Waals surface area contributed by atoms with Crippen molar-refractivity contribution in [1.82, 2.24) is 14.7 Å². The Bertz CT molecular complexity index is 624. The van der Waals surface area contributed by atoms with Crippen molar-refractivity contribution in [1.29, 1.82) is 0 Å². The molecular weight excluding hydrogens is 333 g/mol. The van der Waals surface area contributed by atoms with Gasteiger partial charge in [0.05, 0.1) is 17.6 Å². The van der Waals surface area contributed by atoms with Gasteiger partial charge in [0.2, 0.25) is 10.0 Å². The van der Waals surface area contributed by atoms with Crippen LogP contribution in [0.1, 0.15) is 57.8 Å². The zero-order valence-corrected chi connectivity index (χ0v) is 14.5. The number of nitrogens with zero attached hydrogens (tertiary/aromatic N) is 2. The predicted molar refractivity (Wildman–Crippen MR) is 87.6 cm³/mol. The van der Waals surface area contributed by atoms with E-state index in [2.05, 4.69) is 14.7 Å². The standard InChI is InChI=1S/C16H24FN3O3S/c17-12-10-18-16(19-11-12)23-14-8-6-13(7-9-14)20-24(21,22)15-4-2-1-3-5-15/h10-11,13-15,20H,1-9H2. The summed E-state index contributed by atoms with van der Waals surface area (Å²) in [6, 6.07) is 0.147. The van der Waals surface area contributed by atoms with Gasteiger partial charge in [0.25, 0.3) is 0 Å². The van der Waals surface area contributed by atoms with Gasteiger partial charge in [-0.05, 0) is 38.5 Å². The molecule has 0 atom stereocenters. The minimum Gasteiger partial charge on any atom is -0.460 e. The molecule has 0 bridgehead atoms. The Morgan fingerprint density at radius 3 is 2.25 bits per heavy atom. The maximum Gasteiger partial charge on any atom is 0.316 e. The Hall–Kier alpha value is -1.28. The van der Waals surface area contributed by atoms with E-state index in [1.54, 1.807) is 0 Å². The van der Waals surface area contributed by atoms with Crippen molar-refractivity contribution in [2.45, 2.75) is 75.2 Å². The predicted octanol–water partition coefficient (Wildman–Crippen LogP) is 2.56. The smallest absolute Gasteiger partial charge is 0.316 e. The molecule has 0 aliphatic heterocycles. The van der Waals surface area contributed by atoms with Gasteiger partial charge in [0.1, 0.15) is 6.10 Å². The molecule has 1 aromatic rings. The molecule has 0 radical (unpaired) electrons. The molecule has 1 heterocycles. The first kappa shape index (κ1) is 17.5. The Kier molecular flexibility index (Phi) is 5.65. The fraction of sp³-hybridized carbons (Fsp3) is 0.750. The topological polar surface area (TPSA) is 81.2 Å². The van der Waals surface area contributed by atoms with E-state index in [-0.39, 0.29) is 23.4 Å². The molecule has 134 valence electrons. The summed E-state index contributed by atoms with van der Waals surface area (Å²) in [6.07, 6.45) is 9.73. The zero-order chi connectivity index (χ0) is 17.0. The molecule has 0 saturated heterocycles. The van der Waals surface area contributed by atoms with Crippen LogP contribution in [-0.4, -0.2) is 35.8 Å². The van der Waals surface area contributed by atoms with Gasteiger partial charge < -0.3 is 4.74 Å². The van der Waals surface area contributed by atoms with Crippen LogP contribution in [0.15, 0.2) is 12.4 Å². The van der Waals surface area contributed by atoms with E-state index in [9.17, 15) is 12.8 Å². The van der Waals surface area contributed by atoms with Gasteiger partial charge in [-0.1, -0.05) is 19.3 Å². The number of aromatic nitrogens is 2. The number of sulfonamides is 1. The Labute approximate surface area is 142 Å². The average Bonchev–Trinajstić information content (AvgIpc) is 2.59. The second kappa shape index (κ2) is 7.74. The second-order valence-electron chi connectivity index (χ2n) is 6.70. The summed E-state index contributed by atoms with van der Waals surface area (Å²) in [4.78, 5) is 7.58. The third kappa shape index (κ3) is 4.63. The number of halogens is 1. The van der Waals surface area contributed by atoms with E-state index in [0.717, 1.165) is 70.2 Å². The molecule has 6 nitrogen and oxygen atoms in total. The fourth-order valence-electron chi connectivity index (χ4n) is 3.51. The van der Waals surface area contributed by atoms with Crippen LogP contribution in [0.25, 0.3) is 0 Å². The van der Waals surface area contributed by atoms with Gasteiger partial charge in [-0.2, -0.15) is 0 Å². The van der Waals surface area contributed by atoms with Crippen molar-refractivity contribution in [3.63, 3.8) is 0 Å². The van der Waals surface area contributed by atoms with Crippen LogP contribution in [-0.2, 0) is 10.0 Å². The SMILES string of the molecule is O=S(=O)(NC1CCC(Oc2ncc(F)cn2)CC1)C1CCCCC1. The zero-order valence-electron chi connectivity index (χ0n) is 13.7. The van der Waals surface area contributed by atoms with Crippen molar-refractivity contribution >= 4 is 10.0 Å². The number of hydrogen-bond donors (Lipinski definition) is 1. The summed E-state index contributed by atoms with van der Waals surface area (Å²) in [5.74, 6) is -0.497. The first-order valence-electron chi connectivity index (χ1n) is 8.68. The van der Waals surface area contributed by atoms with Crippen LogP contribution >= 0.6 is 0 Å². The maximum absolute atomic E-state index is 12.8. The summed E-state index contributed by atoms with van der Waals surface area (Å²) >= 11 is 0. The fourth-order valence-corrected chi connectivity index (χ4v) is 5.36. The Morgan fingerprint density at radius 1 is 1.00 bits per heavy atom. The molecule has 0 unspecified atom stereocenters. The number of hydrogen-bond acceptors (Lipinski definition) is 5. The highest BCUT2D eigenvalue weighted by Crippen LogP contribution is 2.26. The van der Waals surface area contributed by atoms with E-state index < -0.39 is 15.8 Å². The summed E-state index contributed by atoms with van der Waals surface area (Å²) < 4.78 is 46.2. The highest BCUT2D eigenvalue weighted by Gasteiger charge is 2.31. The molecule has 2 aliphatic rings.